The fraction of sp³-hybridized carbons (Fsp3) is 0.0714. The van der Waals surface area contributed by atoms with Gasteiger partial charge >= 0.3 is 6.36 Å². The van der Waals surface area contributed by atoms with Gasteiger partial charge in [-0.15, -0.1) is 13.2 Å². The molecule has 0 atom stereocenters. The van der Waals surface area contributed by atoms with Gasteiger partial charge in [0.2, 0.25) is 0 Å². The van der Waals surface area contributed by atoms with Crippen molar-refractivity contribution in [3.8, 4) is 5.75 Å². The van der Waals surface area contributed by atoms with E-state index in [-0.39, 0.29) is 11.3 Å². The Hall–Kier alpha value is -2.70. The van der Waals surface area contributed by atoms with Crippen molar-refractivity contribution in [1.29, 1.82) is 0 Å². The molecular formula is C14H11F3N2O2. The first kappa shape index (κ1) is 14.7. The van der Waals surface area contributed by atoms with Crippen molar-refractivity contribution in [3.63, 3.8) is 0 Å². The molecule has 0 aromatic heterocycles. The number of ether oxygens (including phenoxy) is 1. The van der Waals surface area contributed by atoms with Crippen LogP contribution in [0.25, 0.3) is 0 Å². The molecule has 2 aromatic carbocycles. The van der Waals surface area contributed by atoms with E-state index in [1.165, 1.54) is 30.3 Å². The maximum atomic E-state index is 12.3. The predicted molar refractivity (Wildman–Crippen MR) is 71.9 cm³/mol. The highest BCUT2D eigenvalue weighted by atomic mass is 19.4. The highest BCUT2D eigenvalue weighted by Gasteiger charge is 2.32. The molecule has 0 spiro atoms. The number of hydrogen-bond donors (Lipinski definition) is 2. The molecule has 0 bridgehead atoms. The topological polar surface area (TPSA) is 64.4 Å². The molecule has 2 aromatic rings. The second kappa shape index (κ2) is 5.74. The lowest BCUT2D eigenvalue weighted by atomic mass is 10.2. The lowest BCUT2D eigenvalue weighted by molar-refractivity contribution is -0.274. The van der Waals surface area contributed by atoms with Crippen molar-refractivity contribution in [2.24, 2.45) is 0 Å². The van der Waals surface area contributed by atoms with Crippen molar-refractivity contribution in [3.05, 3.63) is 54.1 Å². The van der Waals surface area contributed by atoms with E-state index in [4.69, 9.17) is 5.73 Å². The first-order chi connectivity index (χ1) is 9.85. The van der Waals surface area contributed by atoms with E-state index in [2.05, 4.69) is 10.1 Å². The van der Waals surface area contributed by atoms with Crippen LogP contribution in [0.2, 0.25) is 0 Å². The third-order valence-corrected chi connectivity index (χ3v) is 2.51. The van der Waals surface area contributed by atoms with Gasteiger partial charge in [-0.3, -0.25) is 4.79 Å². The van der Waals surface area contributed by atoms with Gasteiger partial charge in [-0.05, 0) is 30.3 Å². The van der Waals surface area contributed by atoms with Crippen LogP contribution in [0.3, 0.4) is 0 Å². The molecule has 0 aliphatic heterocycles. The molecule has 0 fully saturated rings. The fourth-order valence-electron chi connectivity index (χ4n) is 1.66. The van der Waals surface area contributed by atoms with Gasteiger partial charge in [0.25, 0.3) is 5.91 Å². The summed E-state index contributed by atoms with van der Waals surface area (Å²) in [5.41, 5.74) is 6.08. The molecule has 21 heavy (non-hydrogen) atoms. The molecule has 0 heterocycles. The lowest BCUT2D eigenvalue weighted by Crippen LogP contribution is -2.19. The quantitative estimate of drug-likeness (QED) is 0.853. The van der Waals surface area contributed by atoms with Gasteiger partial charge in [0.15, 0.2) is 5.75 Å². The van der Waals surface area contributed by atoms with Crippen molar-refractivity contribution < 1.29 is 22.7 Å². The number of benzene rings is 2. The van der Waals surface area contributed by atoms with Crippen LogP contribution >= 0.6 is 0 Å². The van der Waals surface area contributed by atoms with Crippen LogP contribution in [0.5, 0.6) is 5.75 Å². The summed E-state index contributed by atoms with van der Waals surface area (Å²) >= 11 is 0. The van der Waals surface area contributed by atoms with E-state index >= 15 is 0 Å². The van der Waals surface area contributed by atoms with Crippen molar-refractivity contribution in [1.82, 2.24) is 0 Å². The molecule has 0 radical (unpaired) electrons. The zero-order valence-electron chi connectivity index (χ0n) is 10.6. The van der Waals surface area contributed by atoms with Crippen LogP contribution in [0.1, 0.15) is 10.4 Å². The molecular weight excluding hydrogens is 285 g/mol. The monoisotopic (exact) mass is 296 g/mol. The van der Waals surface area contributed by atoms with Gasteiger partial charge < -0.3 is 15.8 Å². The average molecular weight is 296 g/mol. The first-order valence-corrected chi connectivity index (χ1v) is 5.87. The van der Waals surface area contributed by atoms with Crippen LogP contribution in [-0.4, -0.2) is 12.3 Å². The van der Waals surface area contributed by atoms with E-state index in [1.54, 1.807) is 12.1 Å². The molecule has 0 unspecified atom stereocenters. The minimum absolute atomic E-state index is 0.0813. The Kier molecular flexibility index (Phi) is 4.02. The number of hydrogen-bond acceptors (Lipinski definition) is 3. The molecule has 4 nitrogen and oxygen atoms in total. The van der Waals surface area contributed by atoms with Gasteiger partial charge in [0.05, 0.1) is 5.69 Å². The minimum atomic E-state index is -4.84. The first-order valence-electron chi connectivity index (χ1n) is 5.87. The number of anilines is 2. The summed E-state index contributed by atoms with van der Waals surface area (Å²) in [7, 11) is 0. The Morgan fingerprint density at radius 3 is 2.48 bits per heavy atom. The fourth-order valence-corrected chi connectivity index (χ4v) is 1.66. The average Bonchev–Trinajstić information content (AvgIpc) is 2.39. The summed E-state index contributed by atoms with van der Waals surface area (Å²) < 4.78 is 40.7. The maximum Gasteiger partial charge on any atom is 0.573 e. The molecule has 0 aliphatic carbocycles. The molecule has 7 heteroatoms. The van der Waals surface area contributed by atoms with Crippen LogP contribution < -0.4 is 15.8 Å². The molecule has 110 valence electrons. The second-order valence-corrected chi connectivity index (χ2v) is 4.12. The third kappa shape index (κ3) is 4.13. The van der Waals surface area contributed by atoms with E-state index in [0.29, 0.717) is 5.69 Å². The van der Waals surface area contributed by atoms with Crippen LogP contribution in [0, 0.1) is 0 Å². The highest BCUT2D eigenvalue weighted by Crippen LogP contribution is 2.30. The van der Waals surface area contributed by atoms with Gasteiger partial charge in [-0.2, -0.15) is 0 Å². The molecule has 3 N–H and O–H groups in total. The number of rotatable bonds is 3. The van der Waals surface area contributed by atoms with Crippen LogP contribution in [0.15, 0.2) is 48.5 Å². The van der Waals surface area contributed by atoms with Gasteiger partial charge in [-0.1, -0.05) is 18.2 Å². The number of para-hydroxylation sites is 2. The number of alkyl halides is 3. The summed E-state index contributed by atoms with van der Waals surface area (Å²) in [6, 6.07) is 11.4. The summed E-state index contributed by atoms with van der Waals surface area (Å²) in [5.74, 6) is -1.07. The zero-order chi connectivity index (χ0) is 15.5. The van der Waals surface area contributed by atoms with E-state index in [9.17, 15) is 18.0 Å². The number of nitrogen functional groups attached to an aromatic ring is 1. The number of nitrogens with one attached hydrogen (secondary N) is 1. The second-order valence-electron chi connectivity index (χ2n) is 4.12. The van der Waals surface area contributed by atoms with Gasteiger partial charge in [0, 0.05) is 11.3 Å². The van der Waals surface area contributed by atoms with Crippen molar-refractivity contribution in [2.45, 2.75) is 6.36 Å². The van der Waals surface area contributed by atoms with Crippen LogP contribution in [0.4, 0.5) is 24.5 Å². The van der Waals surface area contributed by atoms with Crippen molar-refractivity contribution in [2.75, 3.05) is 11.1 Å². The molecule has 2 rings (SSSR count). The van der Waals surface area contributed by atoms with E-state index < -0.39 is 18.0 Å². The minimum Gasteiger partial charge on any atom is -0.404 e. The molecule has 0 aliphatic rings. The SMILES string of the molecule is Nc1cccc(C(=O)Nc2ccccc2OC(F)(F)F)c1. The highest BCUT2D eigenvalue weighted by molar-refractivity contribution is 6.05. The summed E-state index contributed by atoms with van der Waals surface area (Å²) in [4.78, 5) is 12.0. The standard InChI is InChI=1S/C14H11F3N2O2/c15-14(16,17)21-12-7-2-1-6-11(12)19-13(20)9-4-3-5-10(18)8-9/h1-8H,18H2,(H,19,20). The number of carbonyl (C=O) groups excluding carboxylic acids is 1. The zero-order valence-corrected chi connectivity index (χ0v) is 10.6. The maximum absolute atomic E-state index is 12.3. The summed E-state index contributed by atoms with van der Waals surface area (Å²) in [6.07, 6.45) is -4.84. The Labute approximate surface area is 118 Å². The Morgan fingerprint density at radius 2 is 1.81 bits per heavy atom. The van der Waals surface area contributed by atoms with E-state index in [0.717, 1.165) is 6.07 Å². The number of nitrogens with two attached hydrogens (primary N) is 1. The van der Waals surface area contributed by atoms with Crippen LogP contribution in [-0.2, 0) is 0 Å². The number of halogens is 3. The Bertz CT molecular complexity index is 657. The molecule has 1 amide bonds. The van der Waals surface area contributed by atoms with Crippen molar-refractivity contribution >= 4 is 17.3 Å². The van der Waals surface area contributed by atoms with Gasteiger partial charge in [0.1, 0.15) is 0 Å². The van der Waals surface area contributed by atoms with Gasteiger partial charge in [-0.25, -0.2) is 0 Å². The number of amides is 1. The largest absolute Gasteiger partial charge is 0.573 e. The Balaban J connectivity index is 2.22. The molecule has 0 saturated heterocycles. The third-order valence-electron chi connectivity index (χ3n) is 2.51. The van der Waals surface area contributed by atoms with E-state index in [1.807, 2.05) is 0 Å². The number of carbonyl (C=O) groups is 1. The molecule has 0 saturated carbocycles. The predicted octanol–water partition coefficient (Wildman–Crippen LogP) is 3.42. The smallest absolute Gasteiger partial charge is 0.404 e. The normalized spacial score (nSPS) is 11.0. The summed E-state index contributed by atoms with van der Waals surface area (Å²) in [5, 5.41) is 2.36. The Morgan fingerprint density at radius 1 is 1.10 bits per heavy atom. The lowest BCUT2D eigenvalue weighted by Gasteiger charge is -2.13. The summed E-state index contributed by atoms with van der Waals surface area (Å²) in [6.45, 7) is 0.